The summed E-state index contributed by atoms with van der Waals surface area (Å²) in [6, 6.07) is 0. The van der Waals surface area contributed by atoms with Gasteiger partial charge in [0.2, 0.25) is 0 Å². The van der Waals surface area contributed by atoms with Crippen molar-refractivity contribution < 1.29 is 0 Å². The zero-order chi connectivity index (χ0) is 5.61. The number of hydrogen-bond acceptors (Lipinski definition) is 1. The van der Waals surface area contributed by atoms with Crippen LogP contribution in [0.2, 0.25) is 0 Å². The average Bonchev–Trinajstić information content (AvgIpc) is 1.78. The van der Waals surface area contributed by atoms with Gasteiger partial charge in [0.15, 0.2) is 0 Å². The molecular formula is C7H13N. The van der Waals surface area contributed by atoms with Crippen molar-refractivity contribution in [3.8, 4) is 0 Å². The molecule has 0 aromatic heterocycles. The standard InChI is InChI=1S/C7H13N/c1-2-7-4-3-6(7)5-8-7/h6,8H,2-5H2,1H3. The first-order valence-corrected chi connectivity index (χ1v) is 3.62. The topological polar surface area (TPSA) is 12.0 Å². The molecule has 2 rings (SSSR count). The molecule has 0 spiro atoms. The van der Waals surface area contributed by atoms with E-state index < -0.39 is 0 Å². The lowest BCUT2D eigenvalue weighted by molar-refractivity contribution is -0.00995. The second-order valence-electron chi connectivity index (χ2n) is 3.13. The highest BCUT2D eigenvalue weighted by atomic mass is 15.1. The molecule has 1 heterocycles. The smallest absolute Gasteiger partial charge is 0.0219 e. The van der Waals surface area contributed by atoms with Crippen molar-refractivity contribution in [1.29, 1.82) is 0 Å². The predicted molar refractivity (Wildman–Crippen MR) is 33.7 cm³/mol. The highest BCUT2D eigenvalue weighted by molar-refractivity contribution is 5.10. The summed E-state index contributed by atoms with van der Waals surface area (Å²) in [6.45, 7) is 3.59. The predicted octanol–water partition coefficient (Wildman–Crippen LogP) is 1.15. The Morgan fingerprint density at radius 2 is 2.62 bits per heavy atom. The first kappa shape index (κ1) is 4.80. The molecule has 2 aliphatic rings. The molecule has 1 saturated carbocycles. The van der Waals surface area contributed by atoms with Crippen LogP contribution in [0.1, 0.15) is 26.2 Å². The average molecular weight is 111 g/mol. The molecule has 1 heteroatoms. The molecule has 0 bridgehead atoms. The number of nitrogens with one attached hydrogen (secondary N) is 1. The number of fused-ring (bicyclic) bond motifs is 1. The second-order valence-corrected chi connectivity index (χ2v) is 3.13. The Labute approximate surface area is 50.5 Å². The van der Waals surface area contributed by atoms with Crippen molar-refractivity contribution in [3.05, 3.63) is 0 Å². The van der Waals surface area contributed by atoms with E-state index in [1.165, 1.54) is 25.8 Å². The molecule has 2 atom stereocenters. The Morgan fingerprint density at radius 1 is 1.75 bits per heavy atom. The van der Waals surface area contributed by atoms with E-state index in [0.717, 1.165) is 5.92 Å². The largest absolute Gasteiger partial charge is 0.311 e. The number of rotatable bonds is 1. The van der Waals surface area contributed by atoms with E-state index in [9.17, 15) is 0 Å². The molecule has 2 fully saturated rings. The van der Waals surface area contributed by atoms with E-state index in [0.29, 0.717) is 5.54 Å². The minimum Gasteiger partial charge on any atom is -0.311 e. The lowest BCUT2D eigenvalue weighted by Crippen LogP contribution is -2.70. The van der Waals surface area contributed by atoms with Crippen molar-refractivity contribution in [2.75, 3.05) is 6.54 Å². The maximum Gasteiger partial charge on any atom is 0.0219 e. The maximum absolute atomic E-state index is 3.51. The van der Waals surface area contributed by atoms with Gasteiger partial charge in [0.25, 0.3) is 0 Å². The lowest BCUT2D eigenvalue weighted by Gasteiger charge is -2.59. The number of hydrogen-bond donors (Lipinski definition) is 1. The molecular weight excluding hydrogens is 98.1 g/mol. The summed E-state index contributed by atoms with van der Waals surface area (Å²) >= 11 is 0. The van der Waals surface area contributed by atoms with Crippen LogP contribution in [-0.4, -0.2) is 12.1 Å². The van der Waals surface area contributed by atoms with Gasteiger partial charge < -0.3 is 5.32 Å². The molecule has 1 saturated heterocycles. The van der Waals surface area contributed by atoms with Gasteiger partial charge in [0.1, 0.15) is 0 Å². The molecule has 46 valence electrons. The van der Waals surface area contributed by atoms with Gasteiger partial charge in [-0.25, -0.2) is 0 Å². The van der Waals surface area contributed by atoms with E-state index in [4.69, 9.17) is 0 Å². The summed E-state index contributed by atoms with van der Waals surface area (Å²) in [5, 5.41) is 3.51. The first-order chi connectivity index (χ1) is 3.87. The van der Waals surface area contributed by atoms with E-state index in [2.05, 4.69) is 12.2 Å². The van der Waals surface area contributed by atoms with Crippen LogP contribution in [0.4, 0.5) is 0 Å². The molecule has 0 radical (unpaired) electrons. The van der Waals surface area contributed by atoms with Gasteiger partial charge >= 0.3 is 0 Å². The fourth-order valence-corrected chi connectivity index (χ4v) is 2.01. The zero-order valence-electron chi connectivity index (χ0n) is 5.41. The van der Waals surface area contributed by atoms with Gasteiger partial charge in [0, 0.05) is 12.1 Å². The van der Waals surface area contributed by atoms with E-state index in [-0.39, 0.29) is 0 Å². The summed E-state index contributed by atoms with van der Waals surface area (Å²) in [5.41, 5.74) is 0.653. The molecule has 1 nitrogen and oxygen atoms in total. The molecule has 8 heavy (non-hydrogen) atoms. The van der Waals surface area contributed by atoms with Crippen molar-refractivity contribution in [1.82, 2.24) is 5.32 Å². The monoisotopic (exact) mass is 111 g/mol. The van der Waals surface area contributed by atoms with Crippen molar-refractivity contribution in [2.24, 2.45) is 5.92 Å². The summed E-state index contributed by atoms with van der Waals surface area (Å²) < 4.78 is 0. The summed E-state index contributed by atoms with van der Waals surface area (Å²) in [7, 11) is 0. The molecule has 0 aromatic rings. The maximum atomic E-state index is 3.51. The van der Waals surface area contributed by atoms with Gasteiger partial charge in [0.05, 0.1) is 0 Å². The Bertz CT molecular complexity index is 95.4. The van der Waals surface area contributed by atoms with Crippen LogP contribution in [0.3, 0.4) is 0 Å². The van der Waals surface area contributed by atoms with Crippen LogP contribution in [0, 0.1) is 5.92 Å². The first-order valence-electron chi connectivity index (χ1n) is 3.62. The van der Waals surface area contributed by atoms with Crippen LogP contribution in [0.15, 0.2) is 0 Å². The fourth-order valence-electron chi connectivity index (χ4n) is 2.01. The third kappa shape index (κ3) is 0.334. The van der Waals surface area contributed by atoms with Crippen LogP contribution < -0.4 is 5.32 Å². The Hall–Kier alpha value is -0.0400. The van der Waals surface area contributed by atoms with E-state index >= 15 is 0 Å². The van der Waals surface area contributed by atoms with Crippen LogP contribution in [0.25, 0.3) is 0 Å². The Morgan fingerprint density at radius 3 is 2.62 bits per heavy atom. The summed E-state index contributed by atoms with van der Waals surface area (Å²) in [5.74, 6) is 1.06. The lowest BCUT2D eigenvalue weighted by atomic mass is 9.59. The van der Waals surface area contributed by atoms with E-state index in [1.807, 2.05) is 0 Å². The zero-order valence-corrected chi connectivity index (χ0v) is 5.41. The SMILES string of the molecule is CCC12CCC1CN2. The summed E-state index contributed by atoms with van der Waals surface area (Å²) in [4.78, 5) is 0. The molecule has 1 aliphatic heterocycles. The minimum atomic E-state index is 0.653. The van der Waals surface area contributed by atoms with E-state index in [1.54, 1.807) is 0 Å². The van der Waals surface area contributed by atoms with Crippen LogP contribution in [0.5, 0.6) is 0 Å². The van der Waals surface area contributed by atoms with Gasteiger partial charge in [-0.3, -0.25) is 0 Å². The molecule has 0 aromatic carbocycles. The highest BCUT2D eigenvalue weighted by Crippen LogP contribution is 2.46. The third-order valence-corrected chi connectivity index (χ3v) is 3.05. The number of piperidine rings is 1. The van der Waals surface area contributed by atoms with Crippen molar-refractivity contribution >= 4 is 0 Å². The molecule has 2 unspecified atom stereocenters. The molecule has 1 N–H and O–H groups in total. The molecule has 1 aliphatic carbocycles. The quantitative estimate of drug-likeness (QED) is 0.535. The van der Waals surface area contributed by atoms with Crippen molar-refractivity contribution in [3.63, 3.8) is 0 Å². The van der Waals surface area contributed by atoms with Crippen molar-refractivity contribution in [2.45, 2.75) is 31.7 Å². The van der Waals surface area contributed by atoms with Gasteiger partial charge in [-0.15, -0.1) is 0 Å². The molecule has 0 amide bonds. The fraction of sp³-hybridized carbons (Fsp3) is 1.00. The normalized spacial score (nSPS) is 51.4. The highest BCUT2D eigenvalue weighted by Gasteiger charge is 2.51. The van der Waals surface area contributed by atoms with Crippen LogP contribution >= 0.6 is 0 Å². The Kier molecular flexibility index (Phi) is 0.762. The van der Waals surface area contributed by atoms with Gasteiger partial charge in [-0.05, 0) is 25.2 Å². The van der Waals surface area contributed by atoms with Gasteiger partial charge in [-0.2, -0.15) is 0 Å². The second kappa shape index (κ2) is 1.27. The third-order valence-electron chi connectivity index (χ3n) is 3.05. The summed E-state index contributed by atoms with van der Waals surface area (Å²) in [6.07, 6.45) is 4.27. The Balaban J connectivity index is 2.05. The van der Waals surface area contributed by atoms with Crippen LogP contribution in [-0.2, 0) is 0 Å². The van der Waals surface area contributed by atoms with Gasteiger partial charge in [-0.1, -0.05) is 6.92 Å². The minimum absolute atomic E-state index is 0.653.